The first-order valence-corrected chi connectivity index (χ1v) is 24.0. The first kappa shape index (κ1) is 42.3. The number of aromatic nitrogens is 2. The quantitative estimate of drug-likeness (QED) is 0.144. The molecule has 0 atom stereocenters. The van der Waals surface area contributed by atoms with Crippen LogP contribution >= 0.6 is 18.7 Å². The molecule has 15 nitrogen and oxygen atoms in total. The molecule has 0 radical (unpaired) electrons. The molecule has 4 aliphatic rings. The van der Waals surface area contributed by atoms with Gasteiger partial charge in [0.25, 0.3) is 0 Å². The van der Waals surface area contributed by atoms with Gasteiger partial charge in [0.1, 0.15) is 17.9 Å². The summed E-state index contributed by atoms with van der Waals surface area (Å²) in [4.78, 5) is 57.4. The van der Waals surface area contributed by atoms with Crippen LogP contribution in [-0.4, -0.2) is 123 Å². The van der Waals surface area contributed by atoms with Crippen molar-refractivity contribution in [3.63, 3.8) is 0 Å². The second kappa shape index (κ2) is 18.3. The Morgan fingerprint density at radius 3 is 2.15 bits per heavy atom. The first-order valence-electron chi connectivity index (χ1n) is 21.1. The summed E-state index contributed by atoms with van der Waals surface area (Å²) in [5, 5.41) is 9.96. The van der Waals surface area contributed by atoms with Crippen LogP contribution in [0.25, 0.3) is 0 Å². The van der Waals surface area contributed by atoms with E-state index >= 15 is 0 Å². The fourth-order valence-electron chi connectivity index (χ4n) is 8.89. The summed E-state index contributed by atoms with van der Waals surface area (Å²) in [6.45, 7) is 10.7. The second-order valence-electron chi connectivity index (χ2n) is 16.5. The Kier molecular flexibility index (Phi) is 12.7. The van der Waals surface area contributed by atoms with Crippen molar-refractivity contribution in [1.82, 2.24) is 25.1 Å². The maximum atomic E-state index is 13.6. The second-order valence-corrected chi connectivity index (χ2v) is 20.1. The van der Waals surface area contributed by atoms with Crippen LogP contribution < -0.4 is 40.7 Å². The normalized spacial score (nSPS) is 18.6. The highest BCUT2D eigenvalue weighted by Gasteiger charge is 2.33. The summed E-state index contributed by atoms with van der Waals surface area (Å²) in [5.41, 5.74) is 4.34. The SMILES string of the molecule is COc1cc(N2CCC(N3CCN(C(=O)C4CCN(c5ccc(N6CCC(=O)NC6=O)cc5)CC4)CC3)CC2)ccc1Nc1ncc(Cl)c(Nc2ccccc2P(C)(C)=O)n1. The smallest absolute Gasteiger partial charge is 0.328 e. The molecule has 4 aromatic rings. The van der Waals surface area contributed by atoms with Crippen LogP contribution in [0.4, 0.5) is 45.0 Å². The van der Waals surface area contributed by atoms with Crippen LogP contribution in [0.15, 0.2) is 72.9 Å². The lowest BCUT2D eigenvalue weighted by Crippen LogP contribution is -2.55. The Morgan fingerprint density at radius 2 is 1.46 bits per heavy atom. The maximum Gasteiger partial charge on any atom is 0.328 e. The van der Waals surface area contributed by atoms with Crippen molar-refractivity contribution in [2.75, 3.05) is 105 Å². The minimum Gasteiger partial charge on any atom is -0.494 e. The number of urea groups is 1. The highest BCUT2D eigenvalue weighted by Crippen LogP contribution is 2.39. The van der Waals surface area contributed by atoms with Gasteiger partial charge in [-0.25, -0.2) is 9.78 Å². The number of benzene rings is 3. The number of hydrogen-bond donors (Lipinski definition) is 3. The van der Waals surface area contributed by atoms with E-state index in [1.807, 2.05) is 60.7 Å². The zero-order valence-corrected chi connectivity index (χ0v) is 36.6. The lowest BCUT2D eigenvalue weighted by atomic mass is 9.94. The third-order valence-corrected chi connectivity index (χ3v) is 14.1. The van der Waals surface area contributed by atoms with E-state index in [0.29, 0.717) is 52.5 Å². The molecule has 0 bridgehead atoms. The minimum atomic E-state index is -2.55. The molecule has 0 spiro atoms. The number of hydrogen-bond acceptors (Lipinski definition) is 12. The van der Waals surface area contributed by atoms with Crippen LogP contribution in [-0.2, 0) is 14.2 Å². The molecular formula is C44H54ClN10O5P. The number of ether oxygens (including phenoxy) is 1. The van der Waals surface area contributed by atoms with E-state index in [-0.39, 0.29) is 23.8 Å². The molecule has 322 valence electrons. The molecule has 0 unspecified atom stereocenters. The van der Waals surface area contributed by atoms with Crippen molar-refractivity contribution in [3.05, 3.63) is 77.9 Å². The van der Waals surface area contributed by atoms with Crippen molar-refractivity contribution in [2.24, 2.45) is 5.92 Å². The lowest BCUT2D eigenvalue weighted by molar-refractivity contribution is -0.138. The minimum absolute atomic E-state index is 0.0408. The van der Waals surface area contributed by atoms with Crippen LogP contribution in [0, 0.1) is 5.92 Å². The van der Waals surface area contributed by atoms with Crippen LogP contribution in [0.5, 0.6) is 5.75 Å². The summed E-state index contributed by atoms with van der Waals surface area (Å²) in [5.74, 6) is 1.49. The monoisotopic (exact) mass is 868 g/mol. The number of piperidine rings is 2. The summed E-state index contributed by atoms with van der Waals surface area (Å²) in [6.07, 6.45) is 5.56. The van der Waals surface area contributed by atoms with Crippen molar-refractivity contribution < 1.29 is 23.7 Å². The molecule has 4 fully saturated rings. The van der Waals surface area contributed by atoms with E-state index in [1.165, 1.54) is 6.20 Å². The number of nitrogens with one attached hydrogen (secondary N) is 3. The van der Waals surface area contributed by atoms with E-state index in [0.717, 1.165) is 101 Å². The molecule has 1 aromatic heterocycles. The fraction of sp³-hybridized carbons (Fsp3) is 0.432. The molecule has 0 saturated carbocycles. The maximum absolute atomic E-state index is 13.6. The molecule has 61 heavy (non-hydrogen) atoms. The number of imide groups is 1. The molecule has 3 N–H and O–H groups in total. The number of piperazine rings is 1. The van der Waals surface area contributed by atoms with Crippen molar-refractivity contribution in [2.45, 2.75) is 38.1 Å². The first-order chi connectivity index (χ1) is 29.4. The van der Waals surface area contributed by atoms with E-state index in [2.05, 4.69) is 51.6 Å². The Balaban J connectivity index is 0.791. The lowest BCUT2D eigenvalue weighted by Gasteiger charge is -2.44. The molecule has 3 aromatic carbocycles. The Morgan fingerprint density at radius 1 is 0.803 bits per heavy atom. The highest BCUT2D eigenvalue weighted by atomic mass is 35.5. The van der Waals surface area contributed by atoms with Gasteiger partial charge in [-0.15, -0.1) is 0 Å². The topological polar surface area (TPSA) is 156 Å². The van der Waals surface area contributed by atoms with Gasteiger partial charge >= 0.3 is 6.03 Å². The van der Waals surface area contributed by atoms with Crippen LogP contribution in [0.1, 0.15) is 32.1 Å². The van der Waals surface area contributed by atoms with Gasteiger partial charge in [0.05, 0.1) is 24.7 Å². The van der Waals surface area contributed by atoms with Crippen LogP contribution in [0.2, 0.25) is 5.02 Å². The van der Waals surface area contributed by atoms with E-state index in [1.54, 1.807) is 25.3 Å². The van der Waals surface area contributed by atoms with Gasteiger partial charge in [-0.05, 0) is 87.5 Å². The third kappa shape index (κ3) is 9.74. The number of nitrogens with zero attached hydrogens (tertiary/aromatic N) is 7. The number of amides is 4. The van der Waals surface area contributed by atoms with Crippen molar-refractivity contribution in [3.8, 4) is 5.75 Å². The molecule has 4 amide bonds. The zero-order valence-electron chi connectivity index (χ0n) is 35.0. The largest absolute Gasteiger partial charge is 0.494 e. The fourth-order valence-corrected chi connectivity index (χ4v) is 10.2. The average Bonchev–Trinajstić information content (AvgIpc) is 3.27. The van der Waals surface area contributed by atoms with Crippen molar-refractivity contribution in [1.29, 1.82) is 0 Å². The summed E-state index contributed by atoms with van der Waals surface area (Å²) in [7, 11) is -0.901. The van der Waals surface area contributed by atoms with Gasteiger partial charge in [0.15, 0.2) is 5.82 Å². The predicted molar refractivity (Wildman–Crippen MR) is 242 cm³/mol. The van der Waals surface area contributed by atoms with E-state index < -0.39 is 7.14 Å². The number of rotatable bonds is 11. The number of methoxy groups -OCH3 is 1. The summed E-state index contributed by atoms with van der Waals surface area (Å²) < 4.78 is 18.7. The van der Waals surface area contributed by atoms with Gasteiger partial charge in [-0.1, -0.05) is 23.7 Å². The number of para-hydroxylation sites is 1. The molecule has 0 aliphatic carbocycles. The van der Waals surface area contributed by atoms with Gasteiger partial charge in [0, 0.05) is 106 Å². The molecule has 8 rings (SSSR count). The Labute approximate surface area is 362 Å². The summed E-state index contributed by atoms with van der Waals surface area (Å²) >= 11 is 6.49. The molecular weight excluding hydrogens is 815 g/mol. The number of carbonyl (C=O) groups is 3. The van der Waals surface area contributed by atoms with Gasteiger partial charge < -0.3 is 34.6 Å². The van der Waals surface area contributed by atoms with Gasteiger partial charge in [0.2, 0.25) is 17.8 Å². The van der Waals surface area contributed by atoms with Gasteiger partial charge in [-0.3, -0.25) is 24.7 Å². The highest BCUT2D eigenvalue weighted by molar-refractivity contribution is 7.70. The number of carbonyl (C=O) groups excluding carboxylic acids is 3. The molecule has 17 heteroatoms. The third-order valence-electron chi connectivity index (χ3n) is 12.3. The van der Waals surface area contributed by atoms with Gasteiger partial charge in [-0.2, -0.15) is 4.98 Å². The Hall–Kier alpha value is -5.37. The Bertz CT molecular complexity index is 2290. The van der Waals surface area contributed by atoms with E-state index in [9.17, 15) is 18.9 Å². The molecule has 4 saturated heterocycles. The van der Waals surface area contributed by atoms with Crippen LogP contribution in [0.3, 0.4) is 0 Å². The number of halogens is 1. The molecule has 4 aliphatic heterocycles. The average molecular weight is 869 g/mol. The predicted octanol–water partition coefficient (Wildman–Crippen LogP) is 6.35. The summed E-state index contributed by atoms with van der Waals surface area (Å²) in [6, 6.07) is 21.5. The standard InChI is InChI=1S/C44H54ClN10O5P/c1-60-38-28-34(12-13-36(38)48-43-46-29-35(45)41(50-43)47-37-6-4-5-7-39(37)61(2,3)59)52-21-16-32(17-22-52)53-24-26-54(27-25-53)42(57)30-14-19-51(20-15-30)31-8-10-33(11-9-31)55-23-18-40(56)49-44(55)58/h4-13,28-30,32H,14-27H2,1-3H3,(H,49,56,58)(H2,46,47,48,50). The zero-order chi connectivity index (χ0) is 42.7. The molecule has 5 heterocycles. The van der Waals surface area contributed by atoms with Crippen molar-refractivity contribution >= 4 is 82.1 Å². The number of anilines is 7. The van der Waals surface area contributed by atoms with E-state index in [4.69, 9.17) is 16.3 Å².